The fourth-order valence-corrected chi connectivity index (χ4v) is 3.50. The topological polar surface area (TPSA) is 106 Å². The number of nitrogens with one attached hydrogen (secondary N) is 1. The number of rotatable bonds is 7. The summed E-state index contributed by atoms with van der Waals surface area (Å²) in [5.74, 6) is -0.548. The van der Waals surface area contributed by atoms with Gasteiger partial charge in [0.2, 0.25) is 10.0 Å². The zero-order chi connectivity index (χ0) is 15.4. The third-order valence-electron chi connectivity index (χ3n) is 2.42. The van der Waals surface area contributed by atoms with Gasteiger partial charge in [-0.25, -0.2) is 21.6 Å². The summed E-state index contributed by atoms with van der Waals surface area (Å²) in [4.78, 5) is 0.118. The summed E-state index contributed by atoms with van der Waals surface area (Å²) in [6.45, 7) is -0.156. The summed E-state index contributed by atoms with van der Waals surface area (Å²) in [5.41, 5.74) is 6.50. The van der Waals surface area contributed by atoms with E-state index in [-0.39, 0.29) is 23.0 Å². The molecule has 0 spiro atoms. The SMILES string of the molecule is CS(=O)(=O)CCNS(=O)(=O)Cc1ccccc1C(N)=S. The highest BCUT2D eigenvalue weighted by Gasteiger charge is 2.15. The molecule has 0 radical (unpaired) electrons. The molecule has 0 aliphatic heterocycles. The lowest BCUT2D eigenvalue weighted by atomic mass is 10.1. The van der Waals surface area contributed by atoms with E-state index >= 15 is 0 Å². The number of nitrogens with two attached hydrogens (primary N) is 1. The van der Waals surface area contributed by atoms with Crippen molar-refractivity contribution in [3.8, 4) is 0 Å². The quantitative estimate of drug-likeness (QED) is 0.667. The van der Waals surface area contributed by atoms with Crippen molar-refractivity contribution in [1.29, 1.82) is 0 Å². The standard InChI is InChI=1S/C11H16N2O4S3/c1-19(14,15)7-6-13-20(16,17)8-9-4-2-3-5-10(9)11(12)18/h2-5,13H,6-8H2,1H3,(H2,12,18). The van der Waals surface area contributed by atoms with Crippen molar-refractivity contribution in [3.63, 3.8) is 0 Å². The lowest BCUT2D eigenvalue weighted by Gasteiger charge is -2.09. The second-order valence-electron chi connectivity index (χ2n) is 4.30. The van der Waals surface area contributed by atoms with Crippen LogP contribution in [-0.2, 0) is 25.6 Å². The van der Waals surface area contributed by atoms with Crippen molar-refractivity contribution in [2.75, 3.05) is 18.6 Å². The molecule has 0 bridgehead atoms. The van der Waals surface area contributed by atoms with Gasteiger partial charge >= 0.3 is 0 Å². The molecule has 6 nitrogen and oxygen atoms in total. The van der Waals surface area contributed by atoms with Crippen molar-refractivity contribution >= 4 is 37.1 Å². The van der Waals surface area contributed by atoms with E-state index < -0.39 is 19.9 Å². The van der Waals surface area contributed by atoms with E-state index in [2.05, 4.69) is 4.72 Å². The highest BCUT2D eigenvalue weighted by atomic mass is 32.2. The second kappa shape index (κ2) is 6.61. The highest BCUT2D eigenvalue weighted by Crippen LogP contribution is 2.12. The summed E-state index contributed by atoms with van der Waals surface area (Å²) in [5, 5.41) is 0. The van der Waals surface area contributed by atoms with Gasteiger partial charge in [0, 0.05) is 18.4 Å². The molecule has 0 aromatic heterocycles. The maximum atomic E-state index is 11.9. The number of benzene rings is 1. The molecule has 0 aliphatic rings. The van der Waals surface area contributed by atoms with E-state index in [4.69, 9.17) is 18.0 Å². The van der Waals surface area contributed by atoms with Gasteiger partial charge in [0.15, 0.2) is 0 Å². The number of thiocarbonyl (C=S) groups is 1. The molecule has 0 fully saturated rings. The Labute approximate surface area is 124 Å². The van der Waals surface area contributed by atoms with E-state index in [1.165, 1.54) is 0 Å². The van der Waals surface area contributed by atoms with Crippen LogP contribution in [0.2, 0.25) is 0 Å². The van der Waals surface area contributed by atoms with Gasteiger partial charge in [0.25, 0.3) is 0 Å². The lowest BCUT2D eigenvalue weighted by molar-refractivity contribution is 0.581. The van der Waals surface area contributed by atoms with Crippen molar-refractivity contribution < 1.29 is 16.8 Å². The first-order chi connectivity index (χ1) is 9.11. The molecule has 1 rings (SSSR count). The van der Waals surface area contributed by atoms with Crippen molar-refractivity contribution in [2.45, 2.75) is 5.75 Å². The van der Waals surface area contributed by atoms with Crippen LogP contribution in [0.5, 0.6) is 0 Å². The van der Waals surface area contributed by atoms with Crippen LogP contribution in [0.1, 0.15) is 11.1 Å². The smallest absolute Gasteiger partial charge is 0.215 e. The van der Waals surface area contributed by atoms with Gasteiger partial charge in [-0.2, -0.15) is 0 Å². The first kappa shape index (κ1) is 17.0. The van der Waals surface area contributed by atoms with Crippen LogP contribution in [0.3, 0.4) is 0 Å². The Morgan fingerprint density at radius 2 is 1.85 bits per heavy atom. The lowest BCUT2D eigenvalue weighted by Crippen LogP contribution is -2.30. The number of sulfonamides is 1. The summed E-state index contributed by atoms with van der Waals surface area (Å²) in [6.07, 6.45) is 1.05. The first-order valence-electron chi connectivity index (χ1n) is 5.63. The molecule has 9 heteroatoms. The molecule has 0 amide bonds. The Kier molecular flexibility index (Phi) is 5.63. The van der Waals surface area contributed by atoms with Gasteiger partial charge in [0.05, 0.1) is 11.5 Å². The van der Waals surface area contributed by atoms with Crippen LogP contribution in [0, 0.1) is 0 Å². The second-order valence-corrected chi connectivity index (χ2v) is 8.81. The average molecular weight is 336 g/mol. The fourth-order valence-electron chi connectivity index (χ4n) is 1.52. The van der Waals surface area contributed by atoms with Crippen LogP contribution in [-0.4, -0.2) is 40.4 Å². The zero-order valence-electron chi connectivity index (χ0n) is 10.9. The molecule has 1 aromatic rings. The number of sulfone groups is 1. The molecule has 3 N–H and O–H groups in total. The van der Waals surface area contributed by atoms with Crippen LogP contribution in [0.25, 0.3) is 0 Å². The van der Waals surface area contributed by atoms with Crippen LogP contribution in [0.4, 0.5) is 0 Å². The Morgan fingerprint density at radius 1 is 1.25 bits per heavy atom. The third-order valence-corrected chi connectivity index (χ3v) is 4.92. The predicted molar refractivity (Wildman–Crippen MR) is 82.7 cm³/mol. The summed E-state index contributed by atoms with van der Waals surface area (Å²) < 4.78 is 47.9. The Hall–Kier alpha value is -1.03. The van der Waals surface area contributed by atoms with Gasteiger partial charge in [-0.05, 0) is 5.56 Å². The Morgan fingerprint density at radius 3 is 2.40 bits per heavy atom. The monoisotopic (exact) mass is 336 g/mol. The largest absolute Gasteiger partial charge is 0.389 e. The minimum Gasteiger partial charge on any atom is -0.389 e. The third kappa shape index (κ3) is 5.95. The van der Waals surface area contributed by atoms with Crippen molar-refractivity contribution in [3.05, 3.63) is 35.4 Å². The Balaban J connectivity index is 2.79. The van der Waals surface area contributed by atoms with Crippen molar-refractivity contribution in [2.24, 2.45) is 5.73 Å². The molecule has 20 heavy (non-hydrogen) atoms. The number of hydrogen-bond acceptors (Lipinski definition) is 5. The van der Waals surface area contributed by atoms with Gasteiger partial charge < -0.3 is 5.73 Å². The van der Waals surface area contributed by atoms with Crippen LogP contribution >= 0.6 is 12.2 Å². The minimum atomic E-state index is -3.64. The van der Waals surface area contributed by atoms with Crippen LogP contribution in [0.15, 0.2) is 24.3 Å². The molecule has 0 aliphatic carbocycles. The summed E-state index contributed by atoms with van der Waals surface area (Å²) in [7, 11) is -6.85. The zero-order valence-corrected chi connectivity index (χ0v) is 13.3. The van der Waals surface area contributed by atoms with Gasteiger partial charge in [-0.15, -0.1) is 0 Å². The molecular formula is C11H16N2O4S3. The minimum absolute atomic E-state index is 0.118. The van der Waals surface area contributed by atoms with Gasteiger partial charge in [-0.3, -0.25) is 0 Å². The predicted octanol–water partition coefficient (Wildman–Crippen LogP) is -0.215. The normalized spacial score (nSPS) is 12.2. The summed E-state index contributed by atoms with van der Waals surface area (Å²) in [6, 6.07) is 6.65. The first-order valence-corrected chi connectivity index (χ1v) is 9.75. The number of hydrogen-bond donors (Lipinski definition) is 2. The van der Waals surface area contributed by atoms with E-state index in [1.54, 1.807) is 24.3 Å². The molecule has 0 saturated carbocycles. The molecule has 0 atom stereocenters. The molecule has 0 saturated heterocycles. The average Bonchev–Trinajstić information content (AvgIpc) is 2.26. The summed E-state index contributed by atoms with van der Waals surface area (Å²) >= 11 is 4.86. The van der Waals surface area contributed by atoms with Crippen molar-refractivity contribution in [1.82, 2.24) is 4.72 Å². The van der Waals surface area contributed by atoms with E-state index in [0.717, 1.165) is 6.26 Å². The fraction of sp³-hybridized carbons (Fsp3) is 0.364. The maximum absolute atomic E-state index is 11.9. The highest BCUT2D eigenvalue weighted by molar-refractivity contribution is 7.91. The van der Waals surface area contributed by atoms with E-state index in [1.807, 2.05) is 0 Å². The van der Waals surface area contributed by atoms with Crippen LogP contribution < -0.4 is 10.5 Å². The molecule has 1 aromatic carbocycles. The van der Waals surface area contributed by atoms with E-state index in [0.29, 0.717) is 11.1 Å². The molecule has 112 valence electrons. The molecule has 0 heterocycles. The van der Waals surface area contributed by atoms with E-state index in [9.17, 15) is 16.8 Å². The Bertz CT molecular complexity index is 696. The van der Waals surface area contributed by atoms with Gasteiger partial charge in [-0.1, -0.05) is 36.5 Å². The maximum Gasteiger partial charge on any atom is 0.215 e. The molecule has 0 unspecified atom stereocenters. The van der Waals surface area contributed by atoms with Gasteiger partial charge in [0.1, 0.15) is 14.8 Å². The molecular weight excluding hydrogens is 320 g/mol.